The standard InChI is InChI=1S/C5H12N4OS/c1-2-10-3-11-5(8)9-4(6)7/h2-3H2,1H3,(H5,6,7,8,9). The minimum Gasteiger partial charge on any atom is -0.371 e. The molecule has 0 aromatic carbocycles. The molecule has 0 heterocycles. The van der Waals surface area contributed by atoms with E-state index in [2.05, 4.69) is 4.99 Å². The third kappa shape index (κ3) is 7.14. The van der Waals surface area contributed by atoms with Crippen LogP contribution in [0.3, 0.4) is 0 Å². The molecule has 5 N–H and O–H groups in total. The fourth-order valence-electron chi connectivity index (χ4n) is 0.330. The molecule has 0 saturated heterocycles. The Hall–Kier alpha value is -0.750. The summed E-state index contributed by atoms with van der Waals surface area (Å²) >= 11 is 1.14. The van der Waals surface area contributed by atoms with E-state index in [0.29, 0.717) is 12.5 Å². The zero-order chi connectivity index (χ0) is 8.69. The molecule has 0 aliphatic rings. The van der Waals surface area contributed by atoms with Crippen LogP contribution >= 0.6 is 11.8 Å². The van der Waals surface area contributed by atoms with E-state index in [1.54, 1.807) is 0 Å². The van der Waals surface area contributed by atoms with Crippen molar-refractivity contribution in [2.75, 3.05) is 12.5 Å². The van der Waals surface area contributed by atoms with E-state index >= 15 is 0 Å². The van der Waals surface area contributed by atoms with Gasteiger partial charge < -0.3 is 16.2 Å². The van der Waals surface area contributed by atoms with Crippen LogP contribution in [0.5, 0.6) is 0 Å². The van der Waals surface area contributed by atoms with E-state index < -0.39 is 0 Å². The van der Waals surface area contributed by atoms with Crippen molar-refractivity contribution in [3.8, 4) is 0 Å². The topological polar surface area (TPSA) is 97.5 Å². The fraction of sp³-hybridized carbons (Fsp3) is 0.600. The number of nitrogens with two attached hydrogens (primary N) is 2. The van der Waals surface area contributed by atoms with Crippen LogP contribution < -0.4 is 11.5 Å². The summed E-state index contributed by atoms with van der Waals surface area (Å²) in [7, 11) is 0. The van der Waals surface area contributed by atoms with Gasteiger partial charge in [-0.25, -0.2) is 0 Å². The molecular weight excluding hydrogens is 164 g/mol. The molecule has 0 radical (unpaired) electrons. The molecule has 0 unspecified atom stereocenters. The highest BCUT2D eigenvalue weighted by molar-refractivity contribution is 8.13. The maximum atomic E-state index is 7.13. The van der Waals surface area contributed by atoms with E-state index in [9.17, 15) is 0 Å². The number of amidine groups is 1. The summed E-state index contributed by atoms with van der Waals surface area (Å²) in [5, 5.41) is 7.20. The molecule has 6 heteroatoms. The third-order valence-corrected chi connectivity index (χ3v) is 1.36. The highest BCUT2D eigenvalue weighted by Gasteiger charge is 1.94. The number of nitrogens with zero attached hydrogens (tertiary/aromatic N) is 1. The van der Waals surface area contributed by atoms with Crippen LogP contribution in [0.25, 0.3) is 0 Å². The van der Waals surface area contributed by atoms with Crippen molar-refractivity contribution in [3.63, 3.8) is 0 Å². The first-order chi connectivity index (χ1) is 5.16. The van der Waals surface area contributed by atoms with Crippen molar-refractivity contribution in [1.82, 2.24) is 0 Å². The van der Waals surface area contributed by atoms with Crippen molar-refractivity contribution >= 4 is 22.9 Å². The molecule has 11 heavy (non-hydrogen) atoms. The first-order valence-corrected chi connectivity index (χ1v) is 4.04. The van der Waals surface area contributed by atoms with Gasteiger partial charge in [-0.1, -0.05) is 11.8 Å². The van der Waals surface area contributed by atoms with Gasteiger partial charge in [0.05, 0.1) is 5.94 Å². The summed E-state index contributed by atoms with van der Waals surface area (Å²) in [6.45, 7) is 2.51. The van der Waals surface area contributed by atoms with Crippen LogP contribution in [-0.2, 0) is 4.74 Å². The second-order valence-electron chi connectivity index (χ2n) is 1.60. The Labute approximate surface area is 69.7 Å². The Balaban J connectivity index is 3.46. The van der Waals surface area contributed by atoms with Crippen molar-refractivity contribution in [2.24, 2.45) is 16.5 Å². The number of thioether (sulfide) groups is 1. The number of nitrogens with one attached hydrogen (secondary N) is 1. The summed E-state index contributed by atoms with van der Waals surface area (Å²) in [5.41, 5.74) is 10.1. The second kappa shape index (κ2) is 5.99. The van der Waals surface area contributed by atoms with Crippen LogP contribution in [0, 0.1) is 5.41 Å². The Morgan fingerprint density at radius 3 is 2.73 bits per heavy atom. The quantitative estimate of drug-likeness (QED) is 0.242. The van der Waals surface area contributed by atoms with Gasteiger partial charge in [0.1, 0.15) is 0 Å². The van der Waals surface area contributed by atoms with Crippen molar-refractivity contribution in [3.05, 3.63) is 0 Å². The molecule has 0 bridgehead atoms. The first kappa shape index (κ1) is 10.2. The molecule has 0 fully saturated rings. The molecule has 64 valence electrons. The van der Waals surface area contributed by atoms with Crippen LogP contribution in [0.15, 0.2) is 4.99 Å². The van der Waals surface area contributed by atoms with Gasteiger partial charge in [0.15, 0.2) is 11.1 Å². The van der Waals surface area contributed by atoms with Crippen LogP contribution in [0.1, 0.15) is 6.92 Å². The number of hydrogen-bond donors (Lipinski definition) is 3. The second-order valence-corrected chi connectivity index (χ2v) is 2.51. The van der Waals surface area contributed by atoms with E-state index in [1.807, 2.05) is 6.92 Å². The lowest BCUT2D eigenvalue weighted by Gasteiger charge is -1.98. The van der Waals surface area contributed by atoms with E-state index in [-0.39, 0.29) is 11.1 Å². The van der Waals surface area contributed by atoms with E-state index in [4.69, 9.17) is 21.6 Å². The minimum absolute atomic E-state index is 0.0680. The largest absolute Gasteiger partial charge is 0.371 e. The molecule has 0 aromatic rings. The van der Waals surface area contributed by atoms with Crippen LogP contribution in [0.2, 0.25) is 0 Å². The lowest BCUT2D eigenvalue weighted by atomic mass is 10.9. The van der Waals surface area contributed by atoms with Gasteiger partial charge in [-0.2, -0.15) is 4.99 Å². The summed E-state index contributed by atoms with van der Waals surface area (Å²) in [6.07, 6.45) is 0. The van der Waals surface area contributed by atoms with Gasteiger partial charge in [0.25, 0.3) is 0 Å². The summed E-state index contributed by atoms with van der Waals surface area (Å²) in [6, 6.07) is 0. The van der Waals surface area contributed by atoms with Gasteiger partial charge in [-0.3, -0.25) is 5.41 Å². The molecule has 0 spiro atoms. The van der Waals surface area contributed by atoms with E-state index in [0.717, 1.165) is 11.8 Å². The highest BCUT2D eigenvalue weighted by atomic mass is 32.2. The van der Waals surface area contributed by atoms with Crippen LogP contribution in [0.4, 0.5) is 0 Å². The molecule has 0 rings (SSSR count). The molecule has 0 amide bonds. The maximum absolute atomic E-state index is 7.13. The average molecular weight is 176 g/mol. The number of rotatable bonds is 3. The predicted octanol–water partition coefficient (Wildman–Crippen LogP) is -0.0782. The van der Waals surface area contributed by atoms with Gasteiger partial charge in [-0.15, -0.1) is 0 Å². The van der Waals surface area contributed by atoms with Crippen molar-refractivity contribution < 1.29 is 4.74 Å². The number of guanidine groups is 1. The lowest BCUT2D eigenvalue weighted by molar-refractivity contribution is 0.200. The predicted molar refractivity (Wildman–Crippen MR) is 47.6 cm³/mol. The van der Waals surface area contributed by atoms with Crippen molar-refractivity contribution in [1.29, 1.82) is 5.41 Å². The summed E-state index contributed by atoms with van der Waals surface area (Å²) < 4.78 is 4.96. The molecular formula is C5H12N4OS. The zero-order valence-corrected chi connectivity index (χ0v) is 7.15. The molecule has 0 aliphatic heterocycles. The van der Waals surface area contributed by atoms with Crippen molar-refractivity contribution in [2.45, 2.75) is 6.92 Å². The lowest BCUT2D eigenvalue weighted by Crippen LogP contribution is -2.23. The molecule has 0 aliphatic carbocycles. The summed E-state index contributed by atoms with van der Waals surface area (Å²) in [5.74, 6) is 0.311. The molecule has 0 atom stereocenters. The van der Waals surface area contributed by atoms with Gasteiger partial charge in [-0.05, 0) is 6.92 Å². The molecule has 0 saturated carbocycles. The third-order valence-electron chi connectivity index (χ3n) is 0.714. The Morgan fingerprint density at radius 1 is 1.64 bits per heavy atom. The Bertz CT molecular complexity index is 155. The first-order valence-electron chi connectivity index (χ1n) is 3.05. The van der Waals surface area contributed by atoms with Gasteiger partial charge in [0, 0.05) is 6.61 Å². The van der Waals surface area contributed by atoms with E-state index in [1.165, 1.54) is 0 Å². The molecule has 0 aromatic heterocycles. The van der Waals surface area contributed by atoms with Gasteiger partial charge >= 0.3 is 0 Å². The minimum atomic E-state index is -0.0981. The summed E-state index contributed by atoms with van der Waals surface area (Å²) in [4.78, 5) is 3.49. The smallest absolute Gasteiger partial charge is 0.193 e. The molecule has 5 nitrogen and oxygen atoms in total. The fourth-order valence-corrected chi connectivity index (χ4v) is 0.862. The SMILES string of the molecule is CCOCSC(=N)N=C(N)N. The number of aliphatic imine (C=N–C) groups is 1. The zero-order valence-electron chi connectivity index (χ0n) is 6.33. The average Bonchev–Trinajstić information content (AvgIpc) is 1.86. The highest BCUT2D eigenvalue weighted by Crippen LogP contribution is 2.02. The van der Waals surface area contributed by atoms with Crippen LogP contribution in [-0.4, -0.2) is 23.7 Å². The maximum Gasteiger partial charge on any atom is 0.193 e. The Kier molecular flexibility index (Phi) is 5.58. The monoisotopic (exact) mass is 176 g/mol. The normalized spacial score (nSPS) is 9.18. The van der Waals surface area contributed by atoms with Gasteiger partial charge in [0.2, 0.25) is 0 Å². The number of hydrogen-bond acceptors (Lipinski definition) is 3. The number of ether oxygens (including phenoxy) is 1. The Morgan fingerprint density at radius 2 is 2.27 bits per heavy atom.